The molecule has 5 heteroatoms. The molecule has 2 heterocycles. The van der Waals surface area contributed by atoms with Crippen LogP contribution in [0.1, 0.15) is 18.2 Å². The summed E-state index contributed by atoms with van der Waals surface area (Å²) in [5.41, 5.74) is 2.30. The van der Waals surface area contributed by atoms with E-state index in [1.165, 1.54) is 5.56 Å². The van der Waals surface area contributed by atoms with Crippen LogP contribution in [0, 0.1) is 6.92 Å². The minimum Gasteiger partial charge on any atom is -0.353 e. The lowest BCUT2D eigenvalue weighted by atomic mass is 10.2. The number of pyridine rings is 1. The number of aryl methyl sites for hydroxylation is 1. The molecular formula is C14H22N4O. The fourth-order valence-electron chi connectivity index (χ4n) is 2.38. The highest BCUT2D eigenvalue weighted by atomic mass is 16.2. The van der Waals surface area contributed by atoms with Crippen molar-refractivity contribution in [3.63, 3.8) is 0 Å². The lowest BCUT2D eigenvalue weighted by Gasteiger charge is -2.35. The van der Waals surface area contributed by atoms with E-state index in [1.807, 2.05) is 18.9 Å². The van der Waals surface area contributed by atoms with E-state index >= 15 is 0 Å². The third kappa shape index (κ3) is 3.23. The van der Waals surface area contributed by atoms with Gasteiger partial charge in [-0.15, -0.1) is 0 Å². The van der Waals surface area contributed by atoms with Crippen molar-refractivity contribution in [3.05, 3.63) is 23.4 Å². The molecule has 1 aliphatic rings. The number of nitrogens with zero attached hydrogens (tertiary/aromatic N) is 3. The van der Waals surface area contributed by atoms with Gasteiger partial charge in [0.1, 0.15) is 5.82 Å². The molecular weight excluding hydrogens is 240 g/mol. The Morgan fingerprint density at radius 2 is 2.00 bits per heavy atom. The summed E-state index contributed by atoms with van der Waals surface area (Å²) in [4.78, 5) is 20.1. The summed E-state index contributed by atoms with van der Waals surface area (Å²) in [6.45, 7) is 7.81. The summed E-state index contributed by atoms with van der Waals surface area (Å²) in [5, 5.41) is 3.14. The van der Waals surface area contributed by atoms with Crippen molar-refractivity contribution in [1.82, 2.24) is 15.2 Å². The maximum atomic E-state index is 11.3. The summed E-state index contributed by atoms with van der Waals surface area (Å²) in [6, 6.07) is 4.20. The topological polar surface area (TPSA) is 48.5 Å². The number of anilines is 1. The molecule has 1 fully saturated rings. The molecule has 19 heavy (non-hydrogen) atoms. The van der Waals surface area contributed by atoms with Gasteiger partial charge in [0.25, 0.3) is 0 Å². The molecule has 2 rings (SSSR count). The molecule has 104 valence electrons. The van der Waals surface area contributed by atoms with Gasteiger partial charge in [-0.05, 0) is 25.6 Å². The maximum Gasteiger partial charge on any atom is 0.219 e. The van der Waals surface area contributed by atoms with Crippen LogP contribution in [-0.4, -0.2) is 49.0 Å². The Morgan fingerprint density at radius 1 is 1.32 bits per heavy atom. The van der Waals surface area contributed by atoms with Gasteiger partial charge in [-0.1, -0.05) is 6.07 Å². The lowest BCUT2D eigenvalue weighted by molar-refractivity contribution is -0.129. The van der Waals surface area contributed by atoms with Crippen LogP contribution in [0.2, 0.25) is 0 Å². The van der Waals surface area contributed by atoms with E-state index in [4.69, 9.17) is 0 Å². The molecule has 5 nitrogen and oxygen atoms in total. The average Bonchev–Trinajstić information content (AvgIpc) is 2.41. The SMILES string of the molecule is CNCc1ccc(N2CCN(C(C)=O)CC2)nc1C. The monoisotopic (exact) mass is 262 g/mol. The second kappa shape index (κ2) is 6.02. The van der Waals surface area contributed by atoms with Gasteiger partial charge < -0.3 is 15.1 Å². The maximum absolute atomic E-state index is 11.3. The van der Waals surface area contributed by atoms with Gasteiger partial charge in [-0.2, -0.15) is 0 Å². The molecule has 1 aromatic heterocycles. The van der Waals surface area contributed by atoms with Gasteiger partial charge in [0.05, 0.1) is 0 Å². The third-order valence-electron chi connectivity index (χ3n) is 3.60. The first kappa shape index (κ1) is 13.8. The normalized spacial score (nSPS) is 15.7. The van der Waals surface area contributed by atoms with Gasteiger partial charge in [0.2, 0.25) is 5.91 Å². The molecule has 0 bridgehead atoms. The van der Waals surface area contributed by atoms with Crippen LogP contribution in [0.4, 0.5) is 5.82 Å². The van der Waals surface area contributed by atoms with E-state index in [1.54, 1.807) is 6.92 Å². The molecule has 0 radical (unpaired) electrons. The first-order valence-electron chi connectivity index (χ1n) is 6.73. The van der Waals surface area contributed by atoms with Crippen molar-refractivity contribution >= 4 is 11.7 Å². The highest BCUT2D eigenvalue weighted by Crippen LogP contribution is 2.16. The zero-order valence-corrected chi connectivity index (χ0v) is 11.9. The molecule has 0 atom stereocenters. The Morgan fingerprint density at radius 3 is 2.53 bits per heavy atom. The zero-order chi connectivity index (χ0) is 13.8. The number of hydrogen-bond acceptors (Lipinski definition) is 4. The van der Waals surface area contributed by atoms with Crippen LogP contribution in [0.3, 0.4) is 0 Å². The minimum absolute atomic E-state index is 0.160. The second-order valence-corrected chi connectivity index (χ2v) is 4.94. The van der Waals surface area contributed by atoms with Crippen molar-refractivity contribution in [2.45, 2.75) is 20.4 Å². The van der Waals surface area contributed by atoms with E-state index in [2.05, 4.69) is 27.3 Å². The van der Waals surface area contributed by atoms with Gasteiger partial charge in [0.15, 0.2) is 0 Å². The standard InChI is InChI=1S/C14H22N4O/c1-11-13(10-15-3)4-5-14(16-11)18-8-6-17(7-9-18)12(2)19/h4-5,15H,6-10H2,1-3H3. The number of carbonyl (C=O) groups excluding carboxylic acids is 1. The van der Waals surface area contributed by atoms with Gasteiger partial charge in [0, 0.05) is 45.3 Å². The third-order valence-corrected chi connectivity index (χ3v) is 3.60. The minimum atomic E-state index is 0.160. The highest BCUT2D eigenvalue weighted by Gasteiger charge is 2.19. The Kier molecular flexibility index (Phi) is 4.37. The first-order valence-corrected chi connectivity index (χ1v) is 6.73. The second-order valence-electron chi connectivity index (χ2n) is 4.94. The van der Waals surface area contributed by atoms with Crippen LogP contribution in [0.25, 0.3) is 0 Å². The molecule has 0 saturated carbocycles. The van der Waals surface area contributed by atoms with E-state index in [0.29, 0.717) is 0 Å². The van der Waals surface area contributed by atoms with Crippen molar-refractivity contribution in [2.75, 3.05) is 38.1 Å². The van der Waals surface area contributed by atoms with E-state index in [9.17, 15) is 4.79 Å². The zero-order valence-electron chi connectivity index (χ0n) is 11.9. The summed E-state index contributed by atoms with van der Waals surface area (Å²) in [7, 11) is 1.94. The molecule has 1 N–H and O–H groups in total. The average molecular weight is 262 g/mol. The van der Waals surface area contributed by atoms with E-state index in [-0.39, 0.29) is 5.91 Å². The number of rotatable bonds is 3. The smallest absolute Gasteiger partial charge is 0.219 e. The molecule has 0 aliphatic carbocycles. The molecule has 1 aliphatic heterocycles. The lowest BCUT2D eigenvalue weighted by Crippen LogP contribution is -2.48. The number of amides is 1. The van der Waals surface area contributed by atoms with Crippen LogP contribution >= 0.6 is 0 Å². The number of nitrogens with one attached hydrogen (secondary N) is 1. The number of piperazine rings is 1. The van der Waals surface area contributed by atoms with Crippen LogP contribution in [-0.2, 0) is 11.3 Å². The molecule has 0 spiro atoms. The molecule has 0 unspecified atom stereocenters. The van der Waals surface area contributed by atoms with Crippen LogP contribution in [0.5, 0.6) is 0 Å². The summed E-state index contributed by atoms with van der Waals surface area (Å²) in [6.07, 6.45) is 0. The summed E-state index contributed by atoms with van der Waals surface area (Å²) in [5.74, 6) is 1.17. The molecule has 1 aromatic rings. The number of aromatic nitrogens is 1. The van der Waals surface area contributed by atoms with Gasteiger partial charge >= 0.3 is 0 Å². The first-order chi connectivity index (χ1) is 9.11. The van der Waals surface area contributed by atoms with Crippen molar-refractivity contribution < 1.29 is 4.79 Å². The van der Waals surface area contributed by atoms with Crippen molar-refractivity contribution in [2.24, 2.45) is 0 Å². The predicted octanol–water partition coefficient (Wildman–Crippen LogP) is 0.778. The van der Waals surface area contributed by atoms with Crippen molar-refractivity contribution in [3.8, 4) is 0 Å². The Labute approximate surface area is 114 Å². The fraction of sp³-hybridized carbons (Fsp3) is 0.571. The molecule has 1 amide bonds. The predicted molar refractivity (Wildman–Crippen MR) is 76.2 cm³/mol. The molecule has 1 saturated heterocycles. The Bertz CT molecular complexity index is 453. The summed E-state index contributed by atoms with van der Waals surface area (Å²) >= 11 is 0. The van der Waals surface area contributed by atoms with Gasteiger partial charge in [-0.3, -0.25) is 4.79 Å². The Hall–Kier alpha value is -1.62. The van der Waals surface area contributed by atoms with Crippen LogP contribution in [0.15, 0.2) is 12.1 Å². The quantitative estimate of drug-likeness (QED) is 0.874. The van der Waals surface area contributed by atoms with Crippen molar-refractivity contribution in [1.29, 1.82) is 0 Å². The molecule has 0 aromatic carbocycles. The fourth-order valence-corrected chi connectivity index (χ4v) is 2.38. The number of hydrogen-bond donors (Lipinski definition) is 1. The van der Waals surface area contributed by atoms with E-state index in [0.717, 1.165) is 44.2 Å². The highest BCUT2D eigenvalue weighted by molar-refractivity contribution is 5.73. The van der Waals surface area contributed by atoms with Crippen LogP contribution < -0.4 is 10.2 Å². The Balaban J connectivity index is 2.03. The largest absolute Gasteiger partial charge is 0.353 e. The summed E-state index contributed by atoms with van der Waals surface area (Å²) < 4.78 is 0. The van der Waals surface area contributed by atoms with Gasteiger partial charge in [-0.25, -0.2) is 4.98 Å². The van der Waals surface area contributed by atoms with E-state index < -0.39 is 0 Å². The number of carbonyl (C=O) groups is 1.